The molecule has 0 N–H and O–H groups in total. The summed E-state index contributed by atoms with van der Waals surface area (Å²) in [5, 5.41) is 0. The van der Waals surface area contributed by atoms with E-state index in [9.17, 15) is 9.59 Å². The van der Waals surface area contributed by atoms with Gasteiger partial charge in [-0.2, -0.15) is 0 Å². The number of para-hydroxylation sites is 3. The first-order valence-electron chi connectivity index (χ1n) is 10.1. The van der Waals surface area contributed by atoms with Crippen LogP contribution in [0, 0.1) is 0 Å². The molecule has 0 fully saturated rings. The van der Waals surface area contributed by atoms with E-state index in [0.29, 0.717) is 18.0 Å². The lowest BCUT2D eigenvalue weighted by molar-refractivity contribution is -0.129. The summed E-state index contributed by atoms with van der Waals surface area (Å²) in [5.74, 6) is 0.239. The highest BCUT2D eigenvalue weighted by Crippen LogP contribution is 2.35. The second-order valence-corrected chi connectivity index (χ2v) is 7.36. The van der Waals surface area contributed by atoms with Gasteiger partial charge in [-0.3, -0.25) is 14.5 Å². The molecule has 2 unspecified atom stereocenters. The van der Waals surface area contributed by atoms with Crippen LogP contribution in [0.15, 0.2) is 84.9 Å². The third-order valence-electron chi connectivity index (χ3n) is 5.28. The molecule has 5 heteroatoms. The molecule has 5 nitrogen and oxygen atoms in total. The second kappa shape index (κ2) is 8.41. The number of carbonyl (C=O) groups excluding carboxylic acids is 2. The van der Waals surface area contributed by atoms with Crippen molar-refractivity contribution in [1.29, 1.82) is 0 Å². The van der Waals surface area contributed by atoms with E-state index < -0.39 is 12.1 Å². The number of rotatable bonds is 5. The predicted octanol–water partition coefficient (Wildman–Crippen LogP) is 4.42. The van der Waals surface area contributed by atoms with Crippen molar-refractivity contribution < 1.29 is 14.3 Å². The standard InChI is InChI=1S/C25H24N2O3/c1-18(27-22-15-9-10-16-23(22)30-19(2)25(27)29)24(28)26(21-13-7-4-8-14-21)17-20-11-5-3-6-12-20/h3-16,18-19H,17H2,1-2H3. The number of carbonyl (C=O) groups is 2. The van der Waals surface area contributed by atoms with Gasteiger partial charge in [-0.15, -0.1) is 0 Å². The van der Waals surface area contributed by atoms with Crippen LogP contribution in [0.1, 0.15) is 19.4 Å². The van der Waals surface area contributed by atoms with E-state index in [0.717, 1.165) is 11.3 Å². The highest BCUT2D eigenvalue weighted by Gasteiger charge is 2.38. The Morgan fingerprint density at radius 2 is 1.57 bits per heavy atom. The Labute approximate surface area is 176 Å². The Morgan fingerprint density at radius 3 is 2.27 bits per heavy atom. The molecule has 30 heavy (non-hydrogen) atoms. The van der Waals surface area contributed by atoms with E-state index in [1.54, 1.807) is 23.6 Å². The number of amides is 2. The van der Waals surface area contributed by atoms with Gasteiger partial charge < -0.3 is 9.64 Å². The lowest BCUT2D eigenvalue weighted by Crippen LogP contribution is -2.54. The van der Waals surface area contributed by atoms with Crippen molar-refractivity contribution in [3.63, 3.8) is 0 Å². The van der Waals surface area contributed by atoms with Crippen molar-refractivity contribution in [2.24, 2.45) is 0 Å². The maximum atomic E-state index is 13.7. The molecule has 4 rings (SSSR count). The van der Waals surface area contributed by atoms with Crippen LogP contribution in [0.25, 0.3) is 0 Å². The molecule has 2 amide bonds. The first kappa shape index (κ1) is 19.7. The Balaban J connectivity index is 1.70. The fourth-order valence-electron chi connectivity index (χ4n) is 3.72. The van der Waals surface area contributed by atoms with Crippen LogP contribution < -0.4 is 14.5 Å². The second-order valence-electron chi connectivity index (χ2n) is 7.36. The third-order valence-corrected chi connectivity index (χ3v) is 5.28. The van der Waals surface area contributed by atoms with Crippen LogP contribution in [0.4, 0.5) is 11.4 Å². The molecule has 0 bridgehead atoms. The summed E-state index contributed by atoms with van der Waals surface area (Å²) in [6, 6.07) is 26.0. The summed E-state index contributed by atoms with van der Waals surface area (Å²) in [5.41, 5.74) is 2.43. The molecule has 3 aromatic rings. The monoisotopic (exact) mass is 400 g/mol. The van der Waals surface area contributed by atoms with Crippen molar-refractivity contribution in [3.8, 4) is 5.75 Å². The van der Waals surface area contributed by atoms with Gasteiger partial charge in [0.2, 0.25) is 5.91 Å². The minimum absolute atomic E-state index is 0.151. The molecule has 1 aliphatic rings. The van der Waals surface area contributed by atoms with Crippen LogP contribution in [0.5, 0.6) is 5.75 Å². The van der Waals surface area contributed by atoms with E-state index in [2.05, 4.69) is 0 Å². The third kappa shape index (κ3) is 3.79. The molecular weight excluding hydrogens is 376 g/mol. The van der Waals surface area contributed by atoms with Crippen LogP contribution in [0.3, 0.4) is 0 Å². The van der Waals surface area contributed by atoms with Crippen molar-refractivity contribution in [2.45, 2.75) is 32.5 Å². The fourth-order valence-corrected chi connectivity index (χ4v) is 3.72. The fraction of sp³-hybridized carbons (Fsp3) is 0.200. The van der Waals surface area contributed by atoms with Crippen molar-refractivity contribution in [2.75, 3.05) is 9.80 Å². The number of anilines is 2. The summed E-state index contributed by atoms with van der Waals surface area (Å²) < 4.78 is 5.73. The zero-order valence-electron chi connectivity index (χ0n) is 17.1. The number of hydrogen-bond donors (Lipinski definition) is 0. The number of hydrogen-bond acceptors (Lipinski definition) is 3. The average molecular weight is 400 g/mol. The first-order chi connectivity index (χ1) is 14.6. The predicted molar refractivity (Wildman–Crippen MR) is 118 cm³/mol. The number of benzene rings is 3. The molecular formula is C25H24N2O3. The van der Waals surface area contributed by atoms with Gasteiger partial charge in [-0.25, -0.2) is 0 Å². The molecule has 0 saturated heterocycles. The van der Waals surface area contributed by atoms with Crippen molar-refractivity contribution >= 4 is 23.2 Å². The molecule has 0 radical (unpaired) electrons. The number of ether oxygens (including phenoxy) is 1. The van der Waals surface area contributed by atoms with E-state index in [1.165, 1.54) is 0 Å². The smallest absolute Gasteiger partial charge is 0.268 e. The van der Waals surface area contributed by atoms with E-state index in [4.69, 9.17) is 4.74 Å². The molecule has 0 aliphatic carbocycles. The lowest BCUT2D eigenvalue weighted by atomic mass is 10.1. The van der Waals surface area contributed by atoms with Gasteiger partial charge in [-0.1, -0.05) is 60.7 Å². The number of fused-ring (bicyclic) bond motifs is 1. The van der Waals surface area contributed by atoms with Crippen LogP contribution >= 0.6 is 0 Å². The first-order valence-corrected chi connectivity index (χ1v) is 10.1. The quantitative estimate of drug-likeness (QED) is 0.637. The maximum absolute atomic E-state index is 13.7. The largest absolute Gasteiger partial charge is 0.479 e. The van der Waals surface area contributed by atoms with Crippen molar-refractivity contribution in [3.05, 3.63) is 90.5 Å². The van der Waals surface area contributed by atoms with Gasteiger partial charge >= 0.3 is 0 Å². The van der Waals surface area contributed by atoms with E-state index >= 15 is 0 Å². The van der Waals surface area contributed by atoms with E-state index in [1.807, 2.05) is 84.9 Å². The topological polar surface area (TPSA) is 49.9 Å². The van der Waals surface area contributed by atoms with Gasteiger partial charge in [0.15, 0.2) is 6.10 Å². The average Bonchev–Trinajstić information content (AvgIpc) is 2.79. The summed E-state index contributed by atoms with van der Waals surface area (Å²) >= 11 is 0. The Kier molecular flexibility index (Phi) is 5.53. The van der Waals surface area contributed by atoms with Gasteiger partial charge in [0.05, 0.1) is 12.2 Å². The zero-order chi connectivity index (χ0) is 21.1. The normalized spacial score (nSPS) is 16.4. The maximum Gasteiger partial charge on any atom is 0.268 e. The lowest BCUT2D eigenvalue weighted by Gasteiger charge is -2.38. The minimum Gasteiger partial charge on any atom is -0.479 e. The van der Waals surface area contributed by atoms with Gasteiger partial charge in [0, 0.05) is 5.69 Å². The van der Waals surface area contributed by atoms with E-state index in [-0.39, 0.29) is 11.8 Å². The molecule has 2 atom stereocenters. The van der Waals surface area contributed by atoms with Crippen molar-refractivity contribution in [1.82, 2.24) is 0 Å². The Hall–Kier alpha value is -3.60. The molecule has 0 aromatic heterocycles. The molecule has 3 aromatic carbocycles. The molecule has 152 valence electrons. The molecule has 1 aliphatic heterocycles. The molecule has 0 spiro atoms. The van der Waals surface area contributed by atoms with Crippen LogP contribution in [-0.4, -0.2) is 24.0 Å². The molecule has 1 heterocycles. The highest BCUT2D eigenvalue weighted by molar-refractivity contribution is 6.08. The Morgan fingerprint density at radius 1 is 0.967 bits per heavy atom. The van der Waals surface area contributed by atoms with Gasteiger partial charge in [0.1, 0.15) is 11.8 Å². The number of nitrogens with zero attached hydrogens (tertiary/aromatic N) is 2. The van der Waals surface area contributed by atoms with Crippen LogP contribution in [-0.2, 0) is 16.1 Å². The highest BCUT2D eigenvalue weighted by atomic mass is 16.5. The minimum atomic E-state index is -0.686. The zero-order valence-corrected chi connectivity index (χ0v) is 17.1. The summed E-state index contributed by atoms with van der Waals surface area (Å²) in [4.78, 5) is 30.0. The SMILES string of the molecule is CC1Oc2ccccc2N(C(C)C(=O)N(Cc2ccccc2)c2ccccc2)C1=O. The van der Waals surface area contributed by atoms with Gasteiger partial charge in [0.25, 0.3) is 5.91 Å². The summed E-state index contributed by atoms with van der Waals surface area (Å²) in [6.07, 6.45) is -0.644. The Bertz CT molecular complexity index is 1040. The van der Waals surface area contributed by atoms with Gasteiger partial charge in [-0.05, 0) is 43.7 Å². The van der Waals surface area contributed by atoms with Crippen LogP contribution in [0.2, 0.25) is 0 Å². The molecule has 0 saturated carbocycles. The summed E-state index contributed by atoms with van der Waals surface area (Å²) in [7, 11) is 0. The summed E-state index contributed by atoms with van der Waals surface area (Å²) in [6.45, 7) is 3.90.